The Hall–Kier alpha value is -1.78. The Labute approximate surface area is 214 Å². The number of likely N-dealkylation sites (N-methyl/N-ethyl adjacent to an activating group) is 1. The Morgan fingerprint density at radius 1 is 1.17 bits per heavy atom. The fourth-order valence-electron chi connectivity index (χ4n) is 4.04. The lowest BCUT2D eigenvalue weighted by Gasteiger charge is -2.29. The third kappa shape index (κ3) is 9.65. The van der Waals surface area contributed by atoms with Crippen LogP contribution in [0.15, 0.2) is 39.9 Å². The zero-order valence-corrected chi connectivity index (χ0v) is 22.9. The van der Waals surface area contributed by atoms with Crippen LogP contribution in [0.2, 0.25) is 0 Å². The number of thiophene rings is 1. The van der Waals surface area contributed by atoms with Crippen molar-refractivity contribution in [2.24, 2.45) is 0 Å². The quantitative estimate of drug-likeness (QED) is 0.305. The number of aliphatic carboxylic acids is 1. The van der Waals surface area contributed by atoms with Crippen LogP contribution in [0, 0.1) is 0 Å². The second-order valence-corrected chi connectivity index (χ2v) is 12.5. The van der Waals surface area contributed by atoms with Gasteiger partial charge in [-0.3, -0.25) is 4.79 Å². The second-order valence-electron chi connectivity index (χ2n) is 9.73. The van der Waals surface area contributed by atoms with Gasteiger partial charge in [-0.1, -0.05) is 19.1 Å². The number of hydrogen-bond acceptors (Lipinski definition) is 6. The van der Waals surface area contributed by atoms with Crippen LogP contribution in [0.4, 0.5) is 0 Å². The van der Waals surface area contributed by atoms with Crippen molar-refractivity contribution < 1.29 is 23.4 Å². The highest BCUT2D eigenvalue weighted by molar-refractivity contribution is 7.89. The van der Waals surface area contributed by atoms with E-state index in [9.17, 15) is 18.3 Å². The normalized spacial score (nSPS) is 13.3. The van der Waals surface area contributed by atoms with Crippen LogP contribution in [0.5, 0.6) is 0 Å². The van der Waals surface area contributed by atoms with E-state index in [-0.39, 0.29) is 23.4 Å². The summed E-state index contributed by atoms with van der Waals surface area (Å²) in [4.78, 5) is 11.0. The maximum atomic E-state index is 13.2. The topological polar surface area (TPSA) is 107 Å². The van der Waals surface area contributed by atoms with Gasteiger partial charge in [-0.15, -0.1) is 0 Å². The molecular formula is C26H40N2O5S2. The highest BCUT2D eigenvalue weighted by atomic mass is 32.2. The smallest absolute Gasteiger partial charge is 0.303 e. The molecule has 1 heterocycles. The molecule has 0 spiro atoms. The lowest BCUT2D eigenvalue weighted by Crippen LogP contribution is -2.46. The molecule has 1 unspecified atom stereocenters. The van der Waals surface area contributed by atoms with Crippen molar-refractivity contribution in [3.63, 3.8) is 0 Å². The van der Waals surface area contributed by atoms with Crippen LogP contribution in [0.25, 0.3) is 0 Å². The van der Waals surface area contributed by atoms with Gasteiger partial charge in [0.05, 0.1) is 11.0 Å². The molecule has 0 radical (unpaired) electrons. The molecule has 1 aromatic carbocycles. The molecule has 0 aliphatic heterocycles. The Kier molecular flexibility index (Phi) is 11.4. The molecule has 0 saturated carbocycles. The van der Waals surface area contributed by atoms with Gasteiger partial charge in [0.1, 0.15) is 0 Å². The molecule has 35 heavy (non-hydrogen) atoms. The van der Waals surface area contributed by atoms with E-state index in [1.54, 1.807) is 23.5 Å². The fraction of sp³-hybridized carbons (Fsp3) is 0.577. The van der Waals surface area contributed by atoms with Gasteiger partial charge in [0, 0.05) is 32.1 Å². The molecule has 0 aliphatic rings. The summed E-state index contributed by atoms with van der Waals surface area (Å²) in [6, 6.07) is 7.33. The first kappa shape index (κ1) is 29.5. The van der Waals surface area contributed by atoms with Crippen molar-refractivity contribution in [3.05, 3.63) is 51.7 Å². The first-order chi connectivity index (χ1) is 16.4. The number of rotatable bonds is 16. The zero-order chi connectivity index (χ0) is 26.1. The highest BCUT2D eigenvalue weighted by Crippen LogP contribution is 2.23. The zero-order valence-electron chi connectivity index (χ0n) is 21.3. The van der Waals surface area contributed by atoms with Crippen LogP contribution in [0.1, 0.15) is 63.1 Å². The average Bonchev–Trinajstić information content (AvgIpc) is 3.30. The standard InChI is InChI=1S/C26H40N2O5S2/c1-5-22-16-20(8-6-10-25(30)31)11-12-24(22)35(32,33)28(4)18-23(29)17-27-26(2,3)14-7-9-21-13-15-34-19-21/h11-13,15-16,19,23,27,29H,5-10,14,17-18H2,1-4H3,(H,30,31). The third-order valence-electron chi connectivity index (χ3n) is 6.18. The number of aliphatic hydroxyl groups excluding tert-OH is 1. The summed E-state index contributed by atoms with van der Waals surface area (Å²) in [5, 5.41) is 27.0. The Morgan fingerprint density at radius 3 is 2.51 bits per heavy atom. The molecule has 2 aromatic rings. The van der Waals surface area contributed by atoms with E-state index in [1.165, 1.54) is 16.9 Å². The SMILES string of the molecule is CCc1cc(CCCC(=O)O)ccc1S(=O)(=O)N(C)CC(O)CNC(C)(C)CCCc1ccsc1. The molecular weight excluding hydrogens is 484 g/mol. The number of carboxylic acid groups (broad SMARTS) is 1. The summed E-state index contributed by atoms with van der Waals surface area (Å²) in [5.74, 6) is -0.837. The van der Waals surface area contributed by atoms with Gasteiger partial charge in [0.15, 0.2) is 0 Å². The summed E-state index contributed by atoms with van der Waals surface area (Å²) in [6.45, 7) is 6.38. The van der Waals surface area contributed by atoms with Gasteiger partial charge in [-0.05, 0) is 92.0 Å². The summed E-state index contributed by atoms with van der Waals surface area (Å²) in [7, 11) is -2.28. The molecule has 0 saturated heterocycles. The van der Waals surface area contributed by atoms with Crippen LogP contribution >= 0.6 is 11.3 Å². The predicted octanol–water partition coefficient (Wildman–Crippen LogP) is 4.09. The minimum atomic E-state index is -3.77. The molecule has 0 amide bonds. The van der Waals surface area contributed by atoms with Crippen LogP contribution in [-0.2, 0) is 34.1 Å². The van der Waals surface area contributed by atoms with E-state index in [4.69, 9.17) is 5.11 Å². The van der Waals surface area contributed by atoms with Gasteiger partial charge in [0.2, 0.25) is 10.0 Å². The van der Waals surface area contributed by atoms with Gasteiger partial charge < -0.3 is 15.5 Å². The third-order valence-corrected chi connectivity index (χ3v) is 8.84. The number of sulfonamides is 1. The Morgan fingerprint density at radius 2 is 1.89 bits per heavy atom. The molecule has 0 aliphatic carbocycles. The van der Waals surface area contributed by atoms with E-state index in [0.717, 1.165) is 24.8 Å². The number of nitrogens with zero attached hydrogens (tertiary/aromatic N) is 1. The Balaban J connectivity index is 1.91. The number of β-amino-alcohol motifs (C(OH)–C–C–N with tert-alkyl or cyclic N) is 1. The molecule has 196 valence electrons. The van der Waals surface area contributed by atoms with Gasteiger partial charge >= 0.3 is 5.97 Å². The first-order valence-corrected chi connectivity index (χ1v) is 14.6. The van der Waals surface area contributed by atoms with Gasteiger partial charge in [0.25, 0.3) is 0 Å². The monoisotopic (exact) mass is 524 g/mol. The van der Waals surface area contributed by atoms with E-state index < -0.39 is 22.1 Å². The number of aliphatic hydroxyl groups is 1. The highest BCUT2D eigenvalue weighted by Gasteiger charge is 2.26. The molecule has 1 atom stereocenters. The molecule has 3 N–H and O–H groups in total. The van der Waals surface area contributed by atoms with Gasteiger partial charge in [-0.2, -0.15) is 15.6 Å². The van der Waals surface area contributed by atoms with Crippen molar-refractivity contribution >= 4 is 27.3 Å². The molecule has 7 nitrogen and oxygen atoms in total. The number of aryl methyl sites for hydroxylation is 3. The fourth-order valence-corrected chi connectivity index (χ4v) is 6.22. The van der Waals surface area contributed by atoms with Crippen molar-refractivity contribution in [2.45, 2.75) is 82.3 Å². The van der Waals surface area contributed by atoms with Crippen molar-refractivity contribution in [3.8, 4) is 0 Å². The molecule has 1 aromatic heterocycles. The number of nitrogens with one attached hydrogen (secondary N) is 1. The minimum Gasteiger partial charge on any atom is -0.481 e. The lowest BCUT2D eigenvalue weighted by molar-refractivity contribution is -0.137. The summed E-state index contributed by atoms with van der Waals surface area (Å²) in [5.41, 5.74) is 2.80. The number of carboxylic acids is 1. The number of benzene rings is 1. The minimum absolute atomic E-state index is 0.0101. The van der Waals surface area contributed by atoms with E-state index in [0.29, 0.717) is 31.4 Å². The van der Waals surface area contributed by atoms with E-state index in [2.05, 4.69) is 36.0 Å². The lowest BCUT2D eigenvalue weighted by atomic mass is 9.96. The number of carbonyl (C=O) groups is 1. The van der Waals surface area contributed by atoms with Crippen LogP contribution in [0.3, 0.4) is 0 Å². The average molecular weight is 525 g/mol. The first-order valence-electron chi connectivity index (χ1n) is 12.2. The molecule has 0 fully saturated rings. The summed E-state index contributed by atoms with van der Waals surface area (Å²) in [6.07, 6.45) is 3.88. The molecule has 2 rings (SSSR count). The van der Waals surface area contributed by atoms with Crippen LogP contribution in [-0.4, -0.2) is 60.7 Å². The number of hydrogen-bond donors (Lipinski definition) is 3. The van der Waals surface area contributed by atoms with Gasteiger partial charge in [-0.25, -0.2) is 8.42 Å². The van der Waals surface area contributed by atoms with Crippen LogP contribution < -0.4 is 5.32 Å². The van der Waals surface area contributed by atoms with E-state index >= 15 is 0 Å². The Bertz CT molecular complexity index is 1040. The maximum Gasteiger partial charge on any atom is 0.303 e. The van der Waals surface area contributed by atoms with E-state index in [1.807, 2.05) is 13.0 Å². The predicted molar refractivity (Wildman–Crippen MR) is 142 cm³/mol. The second kappa shape index (κ2) is 13.5. The molecule has 9 heteroatoms. The summed E-state index contributed by atoms with van der Waals surface area (Å²) >= 11 is 1.70. The van der Waals surface area contributed by atoms with Crippen molar-refractivity contribution in [2.75, 3.05) is 20.1 Å². The maximum absolute atomic E-state index is 13.2. The summed E-state index contributed by atoms with van der Waals surface area (Å²) < 4.78 is 27.7. The van der Waals surface area contributed by atoms with Crippen molar-refractivity contribution in [1.82, 2.24) is 9.62 Å². The van der Waals surface area contributed by atoms with Crippen molar-refractivity contribution in [1.29, 1.82) is 0 Å². The molecule has 0 bridgehead atoms. The largest absolute Gasteiger partial charge is 0.481 e.